The number of nitrogens with zero attached hydrogens (tertiary/aromatic N) is 1. The second-order valence-electron chi connectivity index (χ2n) is 3.30. The maximum absolute atomic E-state index is 5.62. The van der Waals surface area contributed by atoms with E-state index >= 15 is 0 Å². The summed E-state index contributed by atoms with van der Waals surface area (Å²) in [6.07, 6.45) is 1.84. The van der Waals surface area contributed by atoms with Crippen molar-refractivity contribution >= 4 is 11.5 Å². The molecule has 0 amide bonds. The van der Waals surface area contributed by atoms with Crippen LogP contribution in [0.3, 0.4) is 0 Å². The zero-order chi connectivity index (χ0) is 10.7. The molecular weight excluding hydrogens is 186 g/mol. The van der Waals surface area contributed by atoms with Crippen LogP contribution in [0.5, 0.6) is 0 Å². The number of benzene rings is 1. The van der Waals surface area contributed by atoms with Crippen LogP contribution >= 0.6 is 0 Å². The highest BCUT2D eigenvalue weighted by Gasteiger charge is 1.97. The molecule has 3 nitrogen and oxygen atoms in total. The number of nitrogen functional groups attached to an aromatic ring is 1. The Morgan fingerprint density at radius 2 is 1.67 bits per heavy atom. The Morgan fingerprint density at radius 1 is 1.00 bits per heavy atom. The molecule has 0 unspecified atom stereocenters. The van der Waals surface area contributed by atoms with Gasteiger partial charge in [-0.3, -0.25) is 0 Å². The summed E-state index contributed by atoms with van der Waals surface area (Å²) in [6.45, 7) is 0. The predicted octanol–water partition coefficient (Wildman–Crippen LogP) is 2.37. The van der Waals surface area contributed by atoms with Gasteiger partial charge in [-0.2, -0.15) is 0 Å². The number of nitrogens with one attached hydrogen (secondary N) is 1. The minimum atomic E-state index is 0.776. The second kappa shape index (κ2) is 4.00. The molecule has 3 heteroatoms. The molecule has 15 heavy (non-hydrogen) atoms. The topological polar surface area (TPSA) is 50.9 Å². The summed E-state index contributed by atoms with van der Waals surface area (Å²) in [5.74, 6) is 0.870. The fourth-order valence-corrected chi connectivity index (χ4v) is 1.39. The predicted molar refractivity (Wildman–Crippen MR) is 63.6 cm³/mol. The Hall–Kier alpha value is -2.03. The molecule has 2 aromatic rings. The van der Waals surface area contributed by atoms with Gasteiger partial charge in [0.15, 0.2) is 0 Å². The lowest BCUT2D eigenvalue weighted by atomic mass is 10.1. The van der Waals surface area contributed by atoms with Gasteiger partial charge in [0.2, 0.25) is 0 Å². The van der Waals surface area contributed by atoms with Gasteiger partial charge in [0, 0.05) is 24.5 Å². The first-order chi connectivity index (χ1) is 7.29. The number of hydrogen-bond donors (Lipinski definition) is 2. The average Bonchev–Trinajstić information content (AvgIpc) is 2.30. The first kappa shape index (κ1) is 9.52. The molecule has 0 saturated heterocycles. The molecule has 0 fully saturated rings. The van der Waals surface area contributed by atoms with E-state index in [0.29, 0.717) is 0 Å². The lowest BCUT2D eigenvalue weighted by Gasteiger charge is -2.03. The van der Waals surface area contributed by atoms with Crippen molar-refractivity contribution in [2.45, 2.75) is 0 Å². The summed E-state index contributed by atoms with van der Waals surface area (Å²) in [5, 5.41) is 2.98. The maximum Gasteiger partial charge on any atom is 0.125 e. The second-order valence-corrected chi connectivity index (χ2v) is 3.30. The number of aromatic nitrogens is 1. The summed E-state index contributed by atoms with van der Waals surface area (Å²) in [6, 6.07) is 11.7. The van der Waals surface area contributed by atoms with E-state index < -0.39 is 0 Å². The lowest BCUT2D eigenvalue weighted by Crippen LogP contribution is -1.91. The van der Waals surface area contributed by atoms with Gasteiger partial charge in [0.1, 0.15) is 5.82 Å². The van der Waals surface area contributed by atoms with Gasteiger partial charge >= 0.3 is 0 Å². The van der Waals surface area contributed by atoms with Crippen molar-refractivity contribution in [3.05, 3.63) is 42.6 Å². The third kappa shape index (κ3) is 2.07. The Balaban J connectivity index is 2.33. The highest BCUT2D eigenvalue weighted by molar-refractivity contribution is 5.65. The smallest absolute Gasteiger partial charge is 0.125 e. The Bertz CT molecular complexity index is 431. The molecule has 2 rings (SSSR count). The lowest BCUT2D eigenvalue weighted by molar-refractivity contribution is 1.29. The van der Waals surface area contributed by atoms with E-state index in [1.165, 1.54) is 0 Å². The van der Waals surface area contributed by atoms with E-state index in [4.69, 9.17) is 5.73 Å². The van der Waals surface area contributed by atoms with Crippen molar-refractivity contribution in [1.29, 1.82) is 0 Å². The van der Waals surface area contributed by atoms with Crippen molar-refractivity contribution in [1.82, 2.24) is 4.98 Å². The molecule has 0 aliphatic rings. The van der Waals surface area contributed by atoms with Crippen LogP contribution in [0.2, 0.25) is 0 Å². The molecule has 0 spiro atoms. The van der Waals surface area contributed by atoms with E-state index in [9.17, 15) is 0 Å². The summed E-state index contributed by atoms with van der Waals surface area (Å²) in [5.41, 5.74) is 8.62. The molecule has 76 valence electrons. The summed E-state index contributed by atoms with van der Waals surface area (Å²) in [4.78, 5) is 4.25. The van der Waals surface area contributed by atoms with Gasteiger partial charge in [-0.05, 0) is 29.8 Å². The Labute approximate surface area is 89.0 Å². The highest BCUT2D eigenvalue weighted by atomic mass is 14.9. The van der Waals surface area contributed by atoms with Gasteiger partial charge in [-0.15, -0.1) is 0 Å². The number of anilines is 2. The van der Waals surface area contributed by atoms with Crippen molar-refractivity contribution in [2.75, 3.05) is 18.1 Å². The standard InChI is InChI=1S/C12H13N3/c1-14-12-7-4-10(8-15-12)9-2-5-11(13)6-3-9/h2-8H,13H2,1H3,(H,14,15). The molecule has 0 atom stereocenters. The summed E-state index contributed by atoms with van der Waals surface area (Å²) in [7, 11) is 1.85. The molecule has 1 aromatic heterocycles. The molecule has 0 aliphatic carbocycles. The number of rotatable bonds is 2. The Morgan fingerprint density at radius 3 is 2.20 bits per heavy atom. The van der Waals surface area contributed by atoms with Gasteiger partial charge in [0.05, 0.1) is 0 Å². The minimum absolute atomic E-state index is 0.776. The minimum Gasteiger partial charge on any atom is -0.399 e. The van der Waals surface area contributed by atoms with E-state index in [0.717, 1.165) is 22.6 Å². The fourth-order valence-electron chi connectivity index (χ4n) is 1.39. The average molecular weight is 199 g/mol. The molecule has 1 aromatic carbocycles. The van der Waals surface area contributed by atoms with Crippen molar-refractivity contribution in [2.24, 2.45) is 0 Å². The van der Waals surface area contributed by atoms with Gasteiger partial charge < -0.3 is 11.1 Å². The van der Waals surface area contributed by atoms with Crippen molar-refractivity contribution in [3.63, 3.8) is 0 Å². The van der Waals surface area contributed by atoms with Gasteiger partial charge in [-0.25, -0.2) is 4.98 Å². The summed E-state index contributed by atoms with van der Waals surface area (Å²) >= 11 is 0. The largest absolute Gasteiger partial charge is 0.399 e. The van der Waals surface area contributed by atoms with Crippen LogP contribution in [0.15, 0.2) is 42.6 Å². The van der Waals surface area contributed by atoms with Crippen LogP contribution in [0, 0.1) is 0 Å². The van der Waals surface area contributed by atoms with Crippen molar-refractivity contribution < 1.29 is 0 Å². The van der Waals surface area contributed by atoms with Crippen LogP contribution in [-0.4, -0.2) is 12.0 Å². The third-order valence-corrected chi connectivity index (χ3v) is 2.26. The van der Waals surface area contributed by atoms with Crippen LogP contribution in [-0.2, 0) is 0 Å². The molecule has 0 bridgehead atoms. The SMILES string of the molecule is CNc1ccc(-c2ccc(N)cc2)cn1. The quantitative estimate of drug-likeness (QED) is 0.730. The number of nitrogens with two attached hydrogens (primary N) is 1. The third-order valence-electron chi connectivity index (χ3n) is 2.26. The van der Waals surface area contributed by atoms with Gasteiger partial charge in [-0.1, -0.05) is 12.1 Å². The molecule has 1 heterocycles. The molecular formula is C12H13N3. The Kier molecular flexibility index (Phi) is 2.54. The first-order valence-corrected chi connectivity index (χ1v) is 4.79. The van der Waals surface area contributed by atoms with Crippen LogP contribution in [0.25, 0.3) is 11.1 Å². The normalized spacial score (nSPS) is 9.93. The monoisotopic (exact) mass is 199 g/mol. The molecule has 0 saturated carbocycles. The summed E-state index contributed by atoms with van der Waals surface area (Å²) < 4.78 is 0. The number of pyridine rings is 1. The maximum atomic E-state index is 5.62. The number of hydrogen-bond acceptors (Lipinski definition) is 3. The highest BCUT2D eigenvalue weighted by Crippen LogP contribution is 2.20. The van der Waals surface area contributed by atoms with E-state index in [-0.39, 0.29) is 0 Å². The van der Waals surface area contributed by atoms with Crippen LogP contribution in [0.4, 0.5) is 11.5 Å². The fraction of sp³-hybridized carbons (Fsp3) is 0.0833. The van der Waals surface area contributed by atoms with Crippen molar-refractivity contribution in [3.8, 4) is 11.1 Å². The van der Waals surface area contributed by atoms with E-state index in [1.54, 1.807) is 0 Å². The zero-order valence-corrected chi connectivity index (χ0v) is 8.57. The first-order valence-electron chi connectivity index (χ1n) is 4.79. The molecule has 0 aliphatic heterocycles. The molecule has 3 N–H and O–H groups in total. The van der Waals surface area contributed by atoms with E-state index in [2.05, 4.69) is 10.3 Å². The van der Waals surface area contributed by atoms with Crippen LogP contribution < -0.4 is 11.1 Å². The van der Waals surface area contributed by atoms with E-state index in [1.807, 2.05) is 49.6 Å². The zero-order valence-electron chi connectivity index (χ0n) is 8.57. The van der Waals surface area contributed by atoms with Gasteiger partial charge in [0.25, 0.3) is 0 Å². The van der Waals surface area contributed by atoms with Crippen LogP contribution in [0.1, 0.15) is 0 Å². The molecule has 0 radical (unpaired) electrons.